The van der Waals surface area contributed by atoms with Crippen molar-refractivity contribution in [3.05, 3.63) is 105 Å². The predicted molar refractivity (Wildman–Crippen MR) is 130 cm³/mol. The van der Waals surface area contributed by atoms with Gasteiger partial charge in [-0.3, -0.25) is 4.79 Å². The standard InChI is InChI=1S/C26H25FN2O4S/c1-17-12-18(2)22-14-20(26(30)28-24(22)13-17)16-29(15-19-8-10-21(33-3)11-9-19)34(31,32)25-7-5-4-6-23(25)27/h4-14H,15-16H2,1-3H3,(H,28,30). The van der Waals surface area contributed by atoms with Crippen molar-refractivity contribution in [2.75, 3.05) is 7.11 Å². The van der Waals surface area contributed by atoms with Crippen LogP contribution in [0, 0.1) is 19.7 Å². The van der Waals surface area contributed by atoms with Crippen LogP contribution in [0.4, 0.5) is 4.39 Å². The van der Waals surface area contributed by atoms with E-state index in [1.165, 1.54) is 18.2 Å². The molecule has 0 aliphatic heterocycles. The Labute approximate surface area is 197 Å². The number of hydrogen-bond acceptors (Lipinski definition) is 4. The minimum absolute atomic E-state index is 0.0506. The third-order valence-electron chi connectivity index (χ3n) is 5.71. The van der Waals surface area contributed by atoms with Crippen LogP contribution in [0.15, 0.2) is 76.4 Å². The summed E-state index contributed by atoms with van der Waals surface area (Å²) in [7, 11) is -2.72. The number of benzene rings is 3. The van der Waals surface area contributed by atoms with Crippen molar-refractivity contribution in [2.24, 2.45) is 0 Å². The second-order valence-corrected chi connectivity index (χ2v) is 10.1. The van der Waals surface area contributed by atoms with Gasteiger partial charge >= 0.3 is 0 Å². The molecule has 0 unspecified atom stereocenters. The van der Waals surface area contributed by atoms with Gasteiger partial charge in [-0.1, -0.05) is 30.3 Å². The second-order valence-electron chi connectivity index (χ2n) is 8.22. The van der Waals surface area contributed by atoms with Crippen LogP contribution in [0.5, 0.6) is 5.75 Å². The number of rotatable bonds is 7. The molecule has 176 valence electrons. The third-order valence-corrected chi connectivity index (χ3v) is 7.53. The number of nitrogens with one attached hydrogen (secondary N) is 1. The monoisotopic (exact) mass is 480 g/mol. The molecule has 0 bridgehead atoms. The first kappa shape index (κ1) is 23.7. The van der Waals surface area contributed by atoms with E-state index in [1.54, 1.807) is 37.4 Å². The molecule has 34 heavy (non-hydrogen) atoms. The number of ether oxygens (including phenoxy) is 1. The van der Waals surface area contributed by atoms with E-state index in [9.17, 15) is 17.6 Å². The van der Waals surface area contributed by atoms with Gasteiger partial charge < -0.3 is 9.72 Å². The van der Waals surface area contributed by atoms with Gasteiger partial charge in [0.15, 0.2) is 0 Å². The first-order valence-corrected chi connectivity index (χ1v) is 12.1. The summed E-state index contributed by atoms with van der Waals surface area (Å²) in [4.78, 5) is 15.3. The summed E-state index contributed by atoms with van der Waals surface area (Å²) in [5, 5.41) is 0.827. The van der Waals surface area contributed by atoms with Crippen LogP contribution in [-0.4, -0.2) is 24.8 Å². The van der Waals surface area contributed by atoms with Gasteiger partial charge in [-0.25, -0.2) is 12.8 Å². The Hall–Kier alpha value is -3.49. The van der Waals surface area contributed by atoms with Crippen LogP contribution in [0.2, 0.25) is 0 Å². The molecule has 0 fully saturated rings. The molecule has 1 aromatic heterocycles. The average molecular weight is 481 g/mol. The quantitative estimate of drug-likeness (QED) is 0.416. The van der Waals surface area contributed by atoms with Gasteiger partial charge in [0.1, 0.15) is 16.5 Å². The van der Waals surface area contributed by atoms with E-state index >= 15 is 0 Å². The van der Waals surface area contributed by atoms with Gasteiger partial charge in [0, 0.05) is 29.6 Å². The molecule has 0 saturated carbocycles. The Morgan fingerprint density at radius 1 is 0.971 bits per heavy atom. The smallest absolute Gasteiger partial charge is 0.252 e. The number of aromatic nitrogens is 1. The summed E-state index contributed by atoms with van der Waals surface area (Å²) in [6.07, 6.45) is 0. The van der Waals surface area contributed by atoms with E-state index in [1.807, 2.05) is 26.0 Å². The molecular weight excluding hydrogens is 455 g/mol. The summed E-state index contributed by atoms with van der Waals surface area (Å²) in [6, 6.07) is 17.7. The number of halogens is 1. The first-order chi connectivity index (χ1) is 16.2. The highest BCUT2D eigenvalue weighted by Crippen LogP contribution is 2.25. The topological polar surface area (TPSA) is 79.5 Å². The molecule has 0 atom stereocenters. The molecule has 0 spiro atoms. The van der Waals surface area contributed by atoms with E-state index in [0.29, 0.717) is 16.8 Å². The normalized spacial score (nSPS) is 11.8. The molecule has 0 aliphatic carbocycles. The van der Waals surface area contributed by atoms with Gasteiger partial charge in [0.05, 0.1) is 7.11 Å². The van der Waals surface area contributed by atoms with Crippen LogP contribution in [0.25, 0.3) is 10.9 Å². The van der Waals surface area contributed by atoms with E-state index < -0.39 is 20.7 Å². The highest BCUT2D eigenvalue weighted by Gasteiger charge is 2.28. The number of methoxy groups -OCH3 is 1. The molecule has 3 aromatic carbocycles. The second kappa shape index (κ2) is 9.40. The Kier molecular flexibility index (Phi) is 6.54. The van der Waals surface area contributed by atoms with Crippen LogP contribution in [0.3, 0.4) is 0 Å². The molecule has 8 heteroatoms. The Bertz CT molecular complexity index is 1510. The highest BCUT2D eigenvalue weighted by molar-refractivity contribution is 7.89. The maximum atomic E-state index is 14.5. The molecule has 0 amide bonds. The minimum Gasteiger partial charge on any atom is -0.497 e. The van der Waals surface area contributed by atoms with Gasteiger partial charge in [-0.15, -0.1) is 0 Å². The fourth-order valence-electron chi connectivity index (χ4n) is 3.98. The van der Waals surface area contributed by atoms with Gasteiger partial charge in [-0.05, 0) is 66.9 Å². The van der Waals surface area contributed by atoms with Gasteiger partial charge in [-0.2, -0.15) is 4.31 Å². The van der Waals surface area contributed by atoms with E-state index in [0.717, 1.165) is 26.9 Å². The van der Waals surface area contributed by atoms with Crippen molar-refractivity contribution >= 4 is 20.9 Å². The van der Waals surface area contributed by atoms with Crippen LogP contribution in [-0.2, 0) is 23.1 Å². The van der Waals surface area contributed by atoms with Crippen LogP contribution >= 0.6 is 0 Å². The maximum Gasteiger partial charge on any atom is 0.252 e. The molecule has 0 aliphatic rings. The summed E-state index contributed by atoms with van der Waals surface area (Å²) < 4.78 is 47.8. The predicted octanol–water partition coefficient (Wildman–Crippen LogP) is 4.68. The fourth-order valence-corrected chi connectivity index (χ4v) is 5.45. The Balaban J connectivity index is 1.80. The fraction of sp³-hybridized carbons (Fsp3) is 0.192. The zero-order chi connectivity index (χ0) is 24.5. The lowest BCUT2D eigenvalue weighted by Gasteiger charge is -2.23. The summed E-state index contributed by atoms with van der Waals surface area (Å²) in [6.45, 7) is 3.60. The third kappa shape index (κ3) is 4.73. The van der Waals surface area contributed by atoms with Gasteiger partial charge in [0.2, 0.25) is 10.0 Å². The van der Waals surface area contributed by atoms with E-state index in [4.69, 9.17) is 4.74 Å². The summed E-state index contributed by atoms with van der Waals surface area (Å²) in [5.41, 5.74) is 3.21. The van der Waals surface area contributed by atoms with Crippen LogP contribution in [0.1, 0.15) is 22.3 Å². The van der Waals surface area contributed by atoms with Crippen molar-refractivity contribution in [2.45, 2.75) is 31.8 Å². The zero-order valence-corrected chi connectivity index (χ0v) is 19.9. The number of aryl methyl sites for hydroxylation is 2. The van der Waals surface area contributed by atoms with Crippen molar-refractivity contribution in [1.82, 2.24) is 9.29 Å². The van der Waals surface area contributed by atoms with Crippen molar-refractivity contribution in [3.8, 4) is 5.75 Å². The summed E-state index contributed by atoms with van der Waals surface area (Å²) >= 11 is 0. The Morgan fingerprint density at radius 3 is 2.35 bits per heavy atom. The molecule has 4 aromatic rings. The largest absolute Gasteiger partial charge is 0.497 e. The van der Waals surface area contributed by atoms with Gasteiger partial charge in [0.25, 0.3) is 5.56 Å². The maximum absolute atomic E-state index is 14.5. The molecule has 6 nitrogen and oxygen atoms in total. The molecule has 1 N–H and O–H groups in total. The molecule has 0 radical (unpaired) electrons. The number of aromatic amines is 1. The first-order valence-electron chi connectivity index (χ1n) is 10.7. The van der Waals surface area contributed by atoms with Crippen molar-refractivity contribution in [3.63, 3.8) is 0 Å². The van der Waals surface area contributed by atoms with E-state index in [2.05, 4.69) is 4.98 Å². The number of sulfonamides is 1. The highest BCUT2D eigenvalue weighted by atomic mass is 32.2. The van der Waals surface area contributed by atoms with Crippen molar-refractivity contribution < 1.29 is 17.5 Å². The minimum atomic E-state index is -4.26. The SMILES string of the molecule is COc1ccc(CN(Cc2cc3c(C)cc(C)cc3[nH]c2=O)S(=O)(=O)c2ccccc2F)cc1. The average Bonchev–Trinajstić information content (AvgIpc) is 2.80. The lowest BCUT2D eigenvalue weighted by Crippen LogP contribution is -2.33. The van der Waals surface area contributed by atoms with Crippen LogP contribution < -0.4 is 10.3 Å². The molecule has 1 heterocycles. The number of fused-ring (bicyclic) bond motifs is 1. The molecule has 0 saturated heterocycles. The van der Waals surface area contributed by atoms with E-state index in [-0.39, 0.29) is 24.2 Å². The molecular formula is C26H25FN2O4S. The lowest BCUT2D eigenvalue weighted by atomic mass is 10.0. The number of pyridine rings is 1. The number of hydrogen-bond donors (Lipinski definition) is 1. The lowest BCUT2D eigenvalue weighted by molar-refractivity contribution is 0.395. The zero-order valence-electron chi connectivity index (χ0n) is 19.1. The van der Waals surface area contributed by atoms with Crippen molar-refractivity contribution in [1.29, 1.82) is 0 Å². The Morgan fingerprint density at radius 2 is 1.68 bits per heavy atom. The molecule has 4 rings (SSSR count). The number of H-pyrrole nitrogens is 1. The number of nitrogens with zero attached hydrogens (tertiary/aromatic N) is 1. The summed E-state index contributed by atoms with van der Waals surface area (Å²) in [5.74, 6) is -0.218.